The lowest BCUT2D eigenvalue weighted by Crippen LogP contribution is -2.18. The highest BCUT2D eigenvalue weighted by atomic mass is 32.2. The molecule has 3 aromatic rings. The molecule has 1 amide bonds. The van der Waals surface area contributed by atoms with Crippen LogP contribution in [0.15, 0.2) is 47.6 Å². The van der Waals surface area contributed by atoms with E-state index in [2.05, 4.69) is 29.4 Å². The van der Waals surface area contributed by atoms with E-state index < -0.39 is 0 Å². The summed E-state index contributed by atoms with van der Waals surface area (Å²) in [5, 5.41) is 11.9. The van der Waals surface area contributed by atoms with E-state index in [0.717, 1.165) is 27.9 Å². The second-order valence-corrected chi connectivity index (χ2v) is 7.96. The first kappa shape index (κ1) is 19.9. The first-order valence-corrected chi connectivity index (χ1v) is 10.2. The number of carbonyl (C=O) groups excluding carboxylic acids is 1. The van der Waals surface area contributed by atoms with Gasteiger partial charge in [-0.1, -0.05) is 68.1 Å². The molecule has 7 heteroatoms. The summed E-state index contributed by atoms with van der Waals surface area (Å²) in [4.78, 5) is 12.5. The van der Waals surface area contributed by atoms with E-state index in [0.29, 0.717) is 16.9 Å². The molecule has 0 aliphatic carbocycles. The Morgan fingerprint density at radius 2 is 1.82 bits per heavy atom. The first-order valence-electron chi connectivity index (χ1n) is 9.17. The van der Waals surface area contributed by atoms with Crippen LogP contribution in [0.3, 0.4) is 0 Å². The average molecular weight is 396 g/mol. The largest absolute Gasteiger partial charge is 0.335 e. The molecule has 0 unspecified atom stereocenters. The molecule has 28 heavy (non-hydrogen) atoms. The molecule has 0 atom stereocenters. The Bertz CT molecular complexity index is 996. The van der Waals surface area contributed by atoms with Gasteiger partial charge in [-0.3, -0.25) is 4.79 Å². The van der Waals surface area contributed by atoms with Crippen molar-refractivity contribution in [3.8, 4) is 11.4 Å². The summed E-state index contributed by atoms with van der Waals surface area (Å²) in [6.45, 7) is 8.23. The standard InChI is InChI=1S/C21H25N5OS/c1-13(2)16-11-7-9-15(4)19(16)23-18(27)12-28-21-25-24-20(26(21)22)17-10-6-5-8-14(17)3/h5-11,13H,12,22H2,1-4H3,(H,23,27). The van der Waals surface area contributed by atoms with Crippen LogP contribution in [0, 0.1) is 13.8 Å². The normalized spacial score (nSPS) is 11.0. The Morgan fingerprint density at radius 1 is 1.11 bits per heavy atom. The van der Waals surface area contributed by atoms with E-state index in [1.165, 1.54) is 16.4 Å². The minimum absolute atomic E-state index is 0.0957. The molecule has 0 spiro atoms. The zero-order chi connectivity index (χ0) is 20.3. The summed E-state index contributed by atoms with van der Waals surface area (Å²) >= 11 is 1.27. The molecule has 0 aliphatic heterocycles. The van der Waals surface area contributed by atoms with E-state index in [4.69, 9.17) is 5.84 Å². The highest BCUT2D eigenvalue weighted by molar-refractivity contribution is 7.99. The van der Waals surface area contributed by atoms with Crippen molar-refractivity contribution in [2.75, 3.05) is 16.9 Å². The second kappa shape index (κ2) is 8.48. The van der Waals surface area contributed by atoms with Gasteiger partial charge in [0.05, 0.1) is 5.75 Å². The summed E-state index contributed by atoms with van der Waals surface area (Å²) in [5.41, 5.74) is 5.06. The number of hydrogen-bond acceptors (Lipinski definition) is 5. The Balaban J connectivity index is 1.71. The lowest BCUT2D eigenvalue weighted by atomic mass is 9.98. The van der Waals surface area contributed by atoms with Crippen LogP contribution >= 0.6 is 11.8 Å². The van der Waals surface area contributed by atoms with Crippen LogP contribution in [0.4, 0.5) is 5.69 Å². The molecule has 0 saturated carbocycles. The molecule has 0 bridgehead atoms. The monoisotopic (exact) mass is 395 g/mol. The maximum absolute atomic E-state index is 12.5. The quantitative estimate of drug-likeness (QED) is 0.484. The number of nitrogens with zero attached hydrogens (tertiary/aromatic N) is 3. The zero-order valence-corrected chi connectivity index (χ0v) is 17.4. The molecular weight excluding hydrogens is 370 g/mol. The van der Waals surface area contributed by atoms with E-state index in [9.17, 15) is 4.79 Å². The third-order valence-electron chi connectivity index (χ3n) is 4.57. The number of nitrogen functional groups attached to an aromatic ring is 1. The Morgan fingerprint density at radius 3 is 2.54 bits per heavy atom. The minimum atomic E-state index is -0.0957. The van der Waals surface area contributed by atoms with Gasteiger partial charge < -0.3 is 11.2 Å². The Hall–Kier alpha value is -2.80. The van der Waals surface area contributed by atoms with Crippen LogP contribution in [0.5, 0.6) is 0 Å². The van der Waals surface area contributed by atoms with E-state index in [-0.39, 0.29) is 11.7 Å². The number of nitrogens with two attached hydrogens (primary N) is 1. The summed E-state index contributed by atoms with van der Waals surface area (Å²) < 4.78 is 1.44. The maximum atomic E-state index is 12.5. The van der Waals surface area contributed by atoms with Crippen molar-refractivity contribution < 1.29 is 4.79 Å². The van der Waals surface area contributed by atoms with Gasteiger partial charge in [0.2, 0.25) is 11.1 Å². The number of para-hydroxylation sites is 1. The molecule has 1 heterocycles. The zero-order valence-electron chi connectivity index (χ0n) is 16.6. The predicted molar refractivity (Wildman–Crippen MR) is 115 cm³/mol. The third-order valence-corrected chi connectivity index (χ3v) is 5.52. The highest BCUT2D eigenvalue weighted by Crippen LogP contribution is 2.28. The van der Waals surface area contributed by atoms with Crippen molar-refractivity contribution in [3.05, 3.63) is 59.2 Å². The van der Waals surface area contributed by atoms with Gasteiger partial charge in [-0.2, -0.15) is 0 Å². The summed E-state index contributed by atoms with van der Waals surface area (Å²) in [6, 6.07) is 13.9. The average Bonchev–Trinajstić information content (AvgIpc) is 3.02. The van der Waals surface area contributed by atoms with Gasteiger partial charge in [-0.05, 0) is 36.5 Å². The molecule has 3 rings (SSSR count). The highest BCUT2D eigenvalue weighted by Gasteiger charge is 2.16. The number of anilines is 1. The number of benzene rings is 2. The molecule has 2 aromatic carbocycles. The Kier molecular flexibility index (Phi) is 6.04. The predicted octanol–water partition coefficient (Wildman–Crippen LogP) is 4.13. The van der Waals surface area contributed by atoms with Crippen molar-refractivity contribution in [1.82, 2.24) is 14.9 Å². The van der Waals surface area contributed by atoms with E-state index >= 15 is 0 Å². The van der Waals surface area contributed by atoms with Crippen molar-refractivity contribution in [1.29, 1.82) is 0 Å². The van der Waals surface area contributed by atoms with Crippen molar-refractivity contribution in [2.45, 2.75) is 38.8 Å². The minimum Gasteiger partial charge on any atom is -0.335 e. The fraction of sp³-hybridized carbons (Fsp3) is 0.286. The molecule has 0 fully saturated rings. The molecule has 0 saturated heterocycles. The number of hydrogen-bond donors (Lipinski definition) is 2. The molecular formula is C21H25N5OS. The number of thioether (sulfide) groups is 1. The molecule has 0 radical (unpaired) electrons. The topological polar surface area (TPSA) is 85.8 Å². The number of nitrogens with one attached hydrogen (secondary N) is 1. The van der Waals surface area contributed by atoms with Crippen LogP contribution in [0.2, 0.25) is 0 Å². The molecule has 146 valence electrons. The maximum Gasteiger partial charge on any atom is 0.234 e. The van der Waals surface area contributed by atoms with Crippen molar-refractivity contribution in [3.63, 3.8) is 0 Å². The van der Waals surface area contributed by atoms with E-state index in [1.807, 2.05) is 56.3 Å². The summed E-state index contributed by atoms with van der Waals surface area (Å²) in [6.07, 6.45) is 0. The smallest absolute Gasteiger partial charge is 0.234 e. The molecule has 3 N–H and O–H groups in total. The Labute approximate surface area is 169 Å². The van der Waals surface area contributed by atoms with Gasteiger partial charge in [0.15, 0.2) is 5.82 Å². The number of rotatable bonds is 6. The molecule has 0 aliphatic rings. The van der Waals surface area contributed by atoms with Gasteiger partial charge in [-0.15, -0.1) is 10.2 Å². The fourth-order valence-corrected chi connectivity index (χ4v) is 3.69. The van der Waals surface area contributed by atoms with Gasteiger partial charge in [0.25, 0.3) is 0 Å². The number of carbonyl (C=O) groups is 1. The first-order chi connectivity index (χ1) is 13.4. The number of aryl methyl sites for hydroxylation is 2. The van der Waals surface area contributed by atoms with Crippen LogP contribution in [-0.4, -0.2) is 26.5 Å². The van der Waals surface area contributed by atoms with Gasteiger partial charge in [-0.25, -0.2) is 4.68 Å². The lowest BCUT2D eigenvalue weighted by molar-refractivity contribution is -0.113. The lowest BCUT2D eigenvalue weighted by Gasteiger charge is -2.16. The van der Waals surface area contributed by atoms with Crippen LogP contribution < -0.4 is 11.2 Å². The van der Waals surface area contributed by atoms with Crippen LogP contribution in [0.25, 0.3) is 11.4 Å². The van der Waals surface area contributed by atoms with Crippen LogP contribution in [0.1, 0.15) is 36.5 Å². The van der Waals surface area contributed by atoms with E-state index in [1.54, 1.807) is 0 Å². The summed E-state index contributed by atoms with van der Waals surface area (Å²) in [5.74, 6) is 7.19. The number of amides is 1. The molecule has 6 nitrogen and oxygen atoms in total. The second-order valence-electron chi connectivity index (χ2n) is 7.02. The number of aromatic nitrogens is 3. The van der Waals surface area contributed by atoms with Crippen LogP contribution in [-0.2, 0) is 4.79 Å². The van der Waals surface area contributed by atoms with Gasteiger partial charge >= 0.3 is 0 Å². The fourth-order valence-electron chi connectivity index (χ4n) is 3.03. The SMILES string of the molecule is Cc1ccccc1-c1nnc(SCC(=O)Nc2c(C)cccc2C(C)C)n1N. The van der Waals surface area contributed by atoms with Crippen molar-refractivity contribution >= 4 is 23.4 Å². The third kappa shape index (κ3) is 4.20. The van der Waals surface area contributed by atoms with Gasteiger partial charge in [0.1, 0.15) is 0 Å². The summed E-state index contributed by atoms with van der Waals surface area (Å²) in [7, 11) is 0. The van der Waals surface area contributed by atoms with Crippen molar-refractivity contribution in [2.24, 2.45) is 0 Å². The van der Waals surface area contributed by atoms with Gasteiger partial charge in [0, 0.05) is 11.3 Å². The molecule has 1 aromatic heterocycles.